The van der Waals surface area contributed by atoms with Crippen molar-refractivity contribution in [2.45, 2.75) is 6.92 Å². The van der Waals surface area contributed by atoms with Crippen LogP contribution in [0.15, 0.2) is 61.2 Å². The van der Waals surface area contributed by atoms with Gasteiger partial charge in [0.05, 0.1) is 23.4 Å². The molecule has 0 unspecified atom stereocenters. The zero-order valence-electron chi connectivity index (χ0n) is 13.6. The Labute approximate surface area is 144 Å². The van der Waals surface area contributed by atoms with E-state index in [0.29, 0.717) is 23.4 Å². The smallest absolute Gasteiger partial charge is 0.340 e. The molecule has 0 aliphatic rings. The first-order valence-corrected chi connectivity index (χ1v) is 8.03. The summed E-state index contributed by atoms with van der Waals surface area (Å²) in [5.74, 6) is -0.405. The number of pyridine rings is 3. The van der Waals surface area contributed by atoms with Crippen molar-refractivity contribution in [2.75, 3.05) is 6.61 Å². The van der Waals surface area contributed by atoms with Crippen LogP contribution in [0.1, 0.15) is 17.3 Å². The molecule has 0 aliphatic carbocycles. The van der Waals surface area contributed by atoms with Crippen LogP contribution in [0, 0.1) is 0 Å². The highest BCUT2D eigenvalue weighted by Gasteiger charge is 2.18. The predicted octanol–water partition coefficient (Wildman–Crippen LogP) is 4.02. The topological polar surface area (TPSA) is 65.0 Å². The number of para-hydroxylation sites is 1. The molecule has 0 amide bonds. The Kier molecular flexibility index (Phi) is 3.82. The van der Waals surface area contributed by atoms with Gasteiger partial charge in [-0.1, -0.05) is 18.2 Å². The van der Waals surface area contributed by atoms with Crippen molar-refractivity contribution in [1.29, 1.82) is 0 Å². The molecule has 0 saturated carbocycles. The maximum Gasteiger partial charge on any atom is 0.340 e. The molecule has 0 saturated heterocycles. The van der Waals surface area contributed by atoms with Gasteiger partial charge in [-0.05, 0) is 30.5 Å². The van der Waals surface area contributed by atoms with E-state index >= 15 is 0 Å². The van der Waals surface area contributed by atoms with Crippen LogP contribution in [0.3, 0.4) is 0 Å². The minimum atomic E-state index is -0.405. The number of carbonyl (C=O) groups is 1. The fourth-order valence-electron chi connectivity index (χ4n) is 2.98. The van der Waals surface area contributed by atoms with E-state index in [-0.39, 0.29) is 0 Å². The van der Waals surface area contributed by atoms with Crippen molar-refractivity contribution in [3.63, 3.8) is 0 Å². The Hall–Kier alpha value is -3.34. The third kappa shape index (κ3) is 2.59. The molecule has 3 heterocycles. The highest BCUT2D eigenvalue weighted by molar-refractivity contribution is 6.12. The van der Waals surface area contributed by atoms with Gasteiger partial charge in [0.25, 0.3) is 0 Å². The molecule has 122 valence electrons. The van der Waals surface area contributed by atoms with Gasteiger partial charge in [0, 0.05) is 41.1 Å². The number of aromatic nitrogens is 3. The van der Waals surface area contributed by atoms with E-state index in [0.717, 1.165) is 21.7 Å². The Balaban J connectivity index is 2.06. The highest BCUT2D eigenvalue weighted by Crippen LogP contribution is 2.33. The van der Waals surface area contributed by atoms with Crippen molar-refractivity contribution in [3.05, 3.63) is 66.7 Å². The number of fused-ring (bicyclic) bond motifs is 3. The molecule has 5 heteroatoms. The summed E-state index contributed by atoms with van der Waals surface area (Å²) in [6.07, 6.45) is 6.71. The number of esters is 1. The van der Waals surface area contributed by atoms with Crippen LogP contribution in [-0.4, -0.2) is 27.5 Å². The van der Waals surface area contributed by atoms with Crippen LogP contribution in [0.2, 0.25) is 0 Å². The minimum Gasteiger partial charge on any atom is -0.462 e. The van der Waals surface area contributed by atoms with Gasteiger partial charge in [0.15, 0.2) is 0 Å². The van der Waals surface area contributed by atoms with Crippen molar-refractivity contribution >= 4 is 27.6 Å². The molecule has 0 N–H and O–H groups in total. The number of hydrogen-bond acceptors (Lipinski definition) is 5. The molecule has 25 heavy (non-hydrogen) atoms. The lowest BCUT2D eigenvalue weighted by molar-refractivity contribution is 0.0527. The summed E-state index contributed by atoms with van der Waals surface area (Å²) in [5, 5.41) is 2.98. The van der Waals surface area contributed by atoms with Gasteiger partial charge in [0.1, 0.15) is 0 Å². The van der Waals surface area contributed by atoms with Crippen LogP contribution < -0.4 is 0 Å². The van der Waals surface area contributed by atoms with E-state index in [4.69, 9.17) is 9.72 Å². The summed E-state index contributed by atoms with van der Waals surface area (Å²) in [6.45, 7) is 2.09. The van der Waals surface area contributed by atoms with Crippen LogP contribution in [0.5, 0.6) is 0 Å². The van der Waals surface area contributed by atoms with Crippen LogP contribution in [-0.2, 0) is 4.74 Å². The Morgan fingerprint density at radius 2 is 1.76 bits per heavy atom. The van der Waals surface area contributed by atoms with Gasteiger partial charge < -0.3 is 4.74 Å². The lowest BCUT2D eigenvalue weighted by Gasteiger charge is -2.12. The van der Waals surface area contributed by atoms with Crippen LogP contribution in [0.4, 0.5) is 0 Å². The average Bonchev–Trinajstić information content (AvgIpc) is 2.67. The quantitative estimate of drug-likeness (QED) is 0.419. The molecule has 0 spiro atoms. The van der Waals surface area contributed by atoms with Crippen molar-refractivity contribution in [1.82, 2.24) is 15.0 Å². The Morgan fingerprint density at radius 3 is 2.64 bits per heavy atom. The molecule has 4 rings (SSSR count). The number of hydrogen-bond donors (Lipinski definition) is 0. The molecule has 0 aliphatic heterocycles. The van der Waals surface area contributed by atoms with Crippen LogP contribution >= 0.6 is 0 Å². The fraction of sp³-hybridized carbons (Fsp3) is 0.100. The normalized spacial score (nSPS) is 10.9. The van der Waals surface area contributed by atoms with E-state index in [1.807, 2.05) is 30.3 Å². The first-order chi connectivity index (χ1) is 12.3. The summed E-state index contributed by atoms with van der Waals surface area (Å²) in [6, 6.07) is 11.7. The summed E-state index contributed by atoms with van der Waals surface area (Å²) in [7, 11) is 0. The van der Waals surface area contributed by atoms with E-state index < -0.39 is 5.97 Å². The molecular weight excluding hydrogens is 314 g/mol. The van der Waals surface area contributed by atoms with Crippen molar-refractivity contribution < 1.29 is 9.53 Å². The molecular formula is C20H15N3O2. The molecule has 4 aromatic rings. The first kappa shape index (κ1) is 15.2. The second kappa shape index (κ2) is 6.28. The number of benzene rings is 1. The monoisotopic (exact) mass is 329 g/mol. The second-order valence-corrected chi connectivity index (χ2v) is 5.54. The maximum atomic E-state index is 12.3. The van der Waals surface area contributed by atoms with E-state index in [2.05, 4.69) is 9.97 Å². The van der Waals surface area contributed by atoms with Crippen molar-refractivity contribution in [3.8, 4) is 11.3 Å². The number of rotatable bonds is 3. The van der Waals surface area contributed by atoms with Gasteiger partial charge in [-0.3, -0.25) is 9.97 Å². The van der Waals surface area contributed by atoms with E-state index in [9.17, 15) is 4.79 Å². The van der Waals surface area contributed by atoms with Gasteiger partial charge in [-0.25, -0.2) is 9.78 Å². The van der Waals surface area contributed by atoms with E-state index in [1.54, 1.807) is 31.6 Å². The summed E-state index contributed by atoms with van der Waals surface area (Å²) < 4.78 is 5.17. The largest absolute Gasteiger partial charge is 0.462 e. The number of ether oxygens (including phenoxy) is 1. The molecule has 0 fully saturated rings. The number of nitrogens with zero attached hydrogens (tertiary/aromatic N) is 3. The molecule has 5 nitrogen and oxygen atoms in total. The lowest BCUT2D eigenvalue weighted by atomic mass is 9.99. The molecule has 0 bridgehead atoms. The Morgan fingerprint density at radius 1 is 0.960 bits per heavy atom. The standard InChI is InChI=1S/C20H15N3O2/c1-2-25-20(24)17-12-22-10-8-15(17)19-16-11-21-9-7-13(16)14-5-3-4-6-18(14)23-19/h3-12H,2H2,1H3. The van der Waals surface area contributed by atoms with Gasteiger partial charge in [-0.15, -0.1) is 0 Å². The highest BCUT2D eigenvalue weighted by atomic mass is 16.5. The maximum absolute atomic E-state index is 12.3. The molecule has 1 aromatic carbocycles. The fourth-order valence-corrected chi connectivity index (χ4v) is 2.98. The Bertz CT molecular complexity index is 1090. The van der Waals surface area contributed by atoms with Gasteiger partial charge in [-0.2, -0.15) is 0 Å². The summed E-state index contributed by atoms with van der Waals surface area (Å²) in [4.78, 5) is 25.5. The predicted molar refractivity (Wildman–Crippen MR) is 96.2 cm³/mol. The first-order valence-electron chi connectivity index (χ1n) is 8.03. The minimum absolute atomic E-state index is 0.306. The SMILES string of the molecule is CCOC(=O)c1cnccc1-c1nc2ccccc2c2ccncc12. The third-order valence-corrected chi connectivity index (χ3v) is 4.07. The zero-order valence-corrected chi connectivity index (χ0v) is 13.6. The van der Waals surface area contributed by atoms with Gasteiger partial charge >= 0.3 is 5.97 Å². The number of carbonyl (C=O) groups excluding carboxylic acids is 1. The zero-order chi connectivity index (χ0) is 17.2. The second-order valence-electron chi connectivity index (χ2n) is 5.54. The average molecular weight is 329 g/mol. The van der Waals surface area contributed by atoms with Gasteiger partial charge in [0.2, 0.25) is 0 Å². The summed E-state index contributed by atoms with van der Waals surface area (Å²) >= 11 is 0. The van der Waals surface area contributed by atoms with Crippen LogP contribution in [0.25, 0.3) is 32.9 Å². The third-order valence-electron chi connectivity index (χ3n) is 4.07. The molecule has 3 aromatic heterocycles. The lowest BCUT2D eigenvalue weighted by Crippen LogP contribution is -2.07. The van der Waals surface area contributed by atoms with Crippen molar-refractivity contribution in [2.24, 2.45) is 0 Å². The van der Waals surface area contributed by atoms with E-state index in [1.165, 1.54) is 6.20 Å². The molecule has 0 radical (unpaired) electrons. The summed E-state index contributed by atoms with van der Waals surface area (Å²) in [5.41, 5.74) is 2.66. The molecule has 0 atom stereocenters.